The summed E-state index contributed by atoms with van der Waals surface area (Å²) in [5, 5.41) is 2.80. The minimum Gasteiger partial charge on any atom is -0.349 e. The smallest absolute Gasteiger partial charge is 0.230 e. The Morgan fingerprint density at radius 1 is 1.14 bits per heavy atom. The normalized spacial score (nSPS) is 12.0. The molecule has 2 aromatic carbocycles. The average Bonchev–Trinajstić information content (AvgIpc) is 2.47. The number of thioether (sulfide) groups is 1. The maximum atomic E-state index is 13.4. The van der Waals surface area contributed by atoms with Crippen molar-refractivity contribution in [2.45, 2.75) is 17.9 Å². The molecular formula is C16H15F2NOS. The van der Waals surface area contributed by atoms with Gasteiger partial charge in [0.1, 0.15) is 11.6 Å². The van der Waals surface area contributed by atoms with Gasteiger partial charge in [-0.05, 0) is 36.8 Å². The van der Waals surface area contributed by atoms with Crippen LogP contribution in [0.15, 0.2) is 53.4 Å². The Labute approximate surface area is 126 Å². The Morgan fingerprint density at radius 2 is 1.81 bits per heavy atom. The molecule has 0 fully saturated rings. The second kappa shape index (κ2) is 7.22. The third-order valence-electron chi connectivity index (χ3n) is 2.94. The Hall–Kier alpha value is -1.88. The summed E-state index contributed by atoms with van der Waals surface area (Å²) in [5.41, 5.74) is 0.820. The van der Waals surface area contributed by atoms with Gasteiger partial charge in [0, 0.05) is 4.90 Å². The van der Waals surface area contributed by atoms with E-state index in [-0.39, 0.29) is 29.3 Å². The topological polar surface area (TPSA) is 29.1 Å². The molecule has 0 aliphatic carbocycles. The summed E-state index contributed by atoms with van der Waals surface area (Å²) >= 11 is 1.15. The zero-order valence-corrected chi connectivity index (χ0v) is 12.3. The van der Waals surface area contributed by atoms with Crippen molar-refractivity contribution >= 4 is 17.7 Å². The highest BCUT2D eigenvalue weighted by Gasteiger charge is 2.11. The van der Waals surface area contributed by atoms with E-state index < -0.39 is 0 Å². The van der Waals surface area contributed by atoms with Crippen LogP contribution in [0.4, 0.5) is 8.78 Å². The first-order valence-corrected chi connectivity index (χ1v) is 7.47. The summed E-state index contributed by atoms with van der Waals surface area (Å²) in [6, 6.07) is 12.1. The molecule has 1 atom stereocenters. The summed E-state index contributed by atoms with van der Waals surface area (Å²) < 4.78 is 26.2. The van der Waals surface area contributed by atoms with Gasteiger partial charge in [0.25, 0.3) is 0 Å². The van der Waals surface area contributed by atoms with Gasteiger partial charge < -0.3 is 5.32 Å². The lowest BCUT2D eigenvalue weighted by Crippen LogP contribution is -2.28. The van der Waals surface area contributed by atoms with Gasteiger partial charge in [0.05, 0.1) is 11.8 Å². The molecule has 1 N–H and O–H groups in total. The number of halogens is 2. The monoisotopic (exact) mass is 307 g/mol. The van der Waals surface area contributed by atoms with Gasteiger partial charge in [-0.15, -0.1) is 11.8 Å². The van der Waals surface area contributed by atoms with E-state index in [0.29, 0.717) is 4.90 Å². The van der Waals surface area contributed by atoms with E-state index in [1.54, 1.807) is 30.3 Å². The fourth-order valence-corrected chi connectivity index (χ4v) is 2.57. The van der Waals surface area contributed by atoms with E-state index in [1.807, 2.05) is 6.92 Å². The molecule has 0 bridgehead atoms. The highest BCUT2D eigenvalue weighted by atomic mass is 32.2. The van der Waals surface area contributed by atoms with Crippen molar-refractivity contribution in [2.24, 2.45) is 0 Å². The number of carbonyl (C=O) groups excluding carboxylic acids is 1. The van der Waals surface area contributed by atoms with Gasteiger partial charge in [-0.2, -0.15) is 0 Å². The van der Waals surface area contributed by atoms with Crippen molar-refractivity contribution in [3.63, 3.8) is 0 Å². The Balaban J connectivity index is 1.87. The number of amides is 1. The van der Waals surface area contributed by atoms with Gasteiger partial charge in [-0.1, -0.05) is 24.3 Å². The van der Waals surface area contributed by atoms with Crippen LogP contribution in [0.2, 0.25) is 0 Å². The lowest BCUT2D eigenvalue weighted by molar-refractivity contribution is -0.119. The number of nitrogens with one attached hydrogen (secondary N) is 1. The van der Waals surface area contributed by atoms with Crippen LogP contribution in [0.3, 0.4) is 0 Å². The van der Waals surface area contributed by atoms with Crippen LogP contribution < -0.4 is 5.32 Å². The number of hydrogen-bond acceptors (Lipinski definition) is 2. The Bertz CT molecular complexity index is 616. The molecule has 0 unspecified atom stereocenters. The van der Waals surface area contributed by atoms with Crippen LogP contribution in [-0.4, -0.2) is 11.7 Å². The molecule has 2 rings (SSSR count). The molecule has 0 aliphatic rings. The molecule has 2 aromatic rings. The van der Waals surface area contributed by atoms with Crippen molar-refractivity contribution in [1.82, 2.24) is 5.32 Å². The Kier molecular flexibility index (Phi) is 5.33. The molecule has 2 nitrogen and oxygen atoms in total. The zero-order valence-electron chi connectivity index (χ0n) is 11.5. The van der Waals surface area contributed by atoms with Crippen LogP contribution in [0.5, 0.6) is 0 Å². The predicted octanol–water partition coefficient (Wildman–Crippen LogP) is 3.93. The van der Waals surface area contributed by atoms with Crippen molar-refractivity contribution in [1.29, 1.82) is 0 Å². The number of hydrogen-bond donors (Lipinski definition) is 1. The minimum atomic E-state index is -0.332. The molecule has 0 radical (unpaired) electrons. The van der Waals surface area contributed by atoms with E-state index in [0.717, 1.165) is 17.3 Å². The highest BCUT2D eigenvalue weighted by molar-refractivity contribution is 8.00. The fraction of sp³-hybridized carbons (Fsp3) is 0.188. The molecule has 0 aliphatic heterocycles. The first kappa shape index (κ1) is 15.5. The van der Waals surface area contributed by atoms with Crippen LogP contribution in [0, 0.1) is 11.6 Å². The van der Waals surface area contributed by atoms with Gasteiger partial charge in [-0.3, -0.25) is 4.79 Å². The summed E-state index contributed by atoms with van der Waals surface area (Å²) in [6.45, 7) is 1.82. The molecular weight excluding hydrogens is 292 g/mol. The Morgan fingerprint density at radius 3 is 2.48 bits per heavy atom. The molecule has 21 heavy (non-hydrogen) atoms. The van der Waals surface area contributed by atoms with E-state index in [1.165, 1.54) is 18.2 Å². The number of rotatable bonds is 5. The average molecular weight is 307 g/mol. The number of benzene rings is 2. The molecule has 0 saturated heterocycles. The molecule has 110 valence electrons. The summed E-state index contributed by atoms with van der Waals surface area (Å²) in [6.07, 6.45) is 0. The quantitative estimate of drug-likeness (QED) is 0.848. The lowest BCUT2D eigenvalue weighted by Gasteiger charge is -2.14. The minimum absolute atomic E-state index is 0.131. The lowest BCUT2D eigenvalue weighted by atomic mass is 10.1. The SMILES string of the molecule is C[C@@H](NC(=O)CSc1ccccc1F)c1ccc(F)cc1. The van der Waals surface area contributed by atoms with Crippen molar-refractivity contribution < 1.29 is 13.6 Å². The van der Waals surface area contributed by atoms with E-state index in [2.05, 4.69) is 5.32 Å². The molecule has 5 heteroatoms. The summed E-state index contributed by atoms with van der Waals surface area (Å²) in [4.78, 5) is 12.3. The van der Waals surface area contributed by atoms with Crippen LogP contribution >= 0.6 is 11.8 Å². The van der Waals surface area contributed by atoms with Crippen molar-refractivity contribution in [2.75, 3.05) is 5.75 Å². The maximum Gasteiger partial charge on any atom is 0.230 e. The highest BCUT2D eigenvalue weighted by Crippen LogP contribution is 2.21. The molecule has 0 heterocycles. The van der Waals surface area contributed by atoms with Crippen LogP contribution in [-0.2, 0) is 4.79 Å². The number of carbonyl (C=O) groups is 1. The largest absolute Gasteiger partial charge is 0.349 e. The first-order chi connectivity index (χ1) is 10.1. The van der Waals surface area contributed by atoms with Gasteiger partial charge in [0.15, 0.2) is 0 Å². The summed E-state index contributed by atoms with van der Waals surface area (Å²) in [7, 11) is 0. The molecule has 1 amide bonds. The second-order valence-electron chi connectivity index (χ2n) is 4.56. The summed E-state index contributed by atoms with van der Waals surface area (Å²) in [5.74, 6) is -0.707. The first-order valence-electron chi connectivity index (χ1n) is 6.48. The van der Waals surface area contributed by atoms with Crippen LogP contribution in [0.1, 0.15) is 18.5 Å². The third-order valence-corrected chi connectivity index (χ3v) is 3.99. The van der Waals surface area contributed by atoms with Gasteiger partial charge >= 0.3 is 0 Å². The van der Waals surface area contributed by atoms with E-state index >= 15 is 0 Å². The fourth-order valence-electron chi connectivity index (χ4n) is 1.82. The molecule has 0 saturated carbocycles. The maximum absolute atomic E-state index is 13.4. The standard InChI is InChI=1S/C16H15F2NOS/c1-11(12-6-8-13(17)9-7-12)19-16(20)10-21-15-5-3-2-4-14(15)18/h2-9,11H,10H2,1H3,(H,19,20)/t11-/m1/s1. The molecule has 0 spiro atoms. The van der Waals surface area contributed by atoms with E-state index in [4.69, 9.17) is 0 Å². The van der Waals surface area contributed by atoms with E-state index in [9.17, 15) is 13.6 Å². The van der Waals surface area contributed by atoms with Gasteiger partial charge in [0.2, 0.25) is 5.91 Å². The van der Waals surface area contributed by atoms with Crippen LogP contribution in [0.25, 0.3) is 0 Å². The van der Waals surface area contributed by atoms with Gasteiger partial charge in [-0.25, -0.2) is 8.78 Å². The zero-order chi connectivity index (χ0) is 15.2. The second-order valence-corrected chi connectivity index (χ2v) is 5.58. The third kappa shape index (κ3) is 4.56. The van der Waals surface area contributed by atoms with Crippen molar-refractivity contribution in [3.8, 4) is 0 Å². The molecule has 0 aromatic heterocycles. The van der Waals surface area contributed by atoms with Crippen molar-refractivity contribution in [3.05, 3.63) is 65.7 Å². The predicted molar refractivity (Wildman–Crippen MR) is 80.1 cm³/mol.